The Balaban J connectivity index is 2.40. The molecule has 0 aliphatic carbocycles. The lowest BCUT2D eigenvalue weighted by Crippen LogP contribution is -2.03. The predicted molar refractivity (Wildman–Crippen MR) is 57.4 cm³/mol. The van der Waals surface area contributed by atoms with Crippen LogP contribution >= 0.6 is 11.8 Å². The van der Waals surface area contributed by atoms with Crippen molar-refractivity contribution in [1.82, 2.24) is 0 Å². The van der Waals surface area contributed by atoms with Crippen molar-refractivity contribution in [3.8, 4) is 0 Å². The van der Waals surface area contributed by atoms with Crippen molar-refractivity contribution in [3.63, 3.8) is 0 Å². The van der Waals surface area contributed by atoms with Crippen LogP contribution in [0.4, 0.5) is 5.69 Å². The number of benzene rings is 1. The molecular formula is C10H9NO3S. The summed E-state index contributed by atoms with van der Waals surface area (Å²) in [6, 6.07) is 4.73. The Morgan fingerprint density at radius 1 is 1.47 bits per heavy atom. The normalized spacial score (nSPS) is 15.1. The van der Waals surface area contributed by atoms with Gasteiger partial charge in [0.15, 0.2) is 5.12 Å². The fourth-order valence-electron chi connectivity index (χ4n) is 1.36. The molecule has 1 aliphatic heterocycles. The zero-order valence-electron chi connectivity index (χ0n) is 7.82. The third-order valence-corrected chi connectivity index (χ3v) is 3.10. The Kier molecular flexibility index (Phi) is 2.64. The van der Waals surface area contributed by atoms with Crippen LogP contribution in [0, 0.1) is 0 Å². The van der Waals surface area contributed by atoms with Gasteiger partial charge in [0.1, 0.15) is 0 Å². The summed E-state index contributed by atoms with van der Waals surface area (Å²) in [6.07, 6.45) is 0.460. The van der Waals surface area contributed by atoms with Crippen molar-refractivity contribution >= 4 is 28.5 Å². The first-order chi connectivity index (χ1) is 7.16. The van der Waals surface area contributed by atoms with Crippen molar-refractivity contribution in [2.24, 2.45) is 0 Å². The standard InChI is InChI=1S/C10H9NO3S/c12-9-3-4-11-7-5-6(10(13)14)1-2-8(7)15-9/h1-2,5,11H,3-4H2,(H,13,14). The van der Waals surface area contributed by atoms with E-state index >= 15 is 0 Å². The van der Waals surface area contributed by atoms with E-state index in [0.29, 0.717) is 13.0 Å². The maximum absolute atomic E-state index is 11.3. The SMILES string of the molecule is O=C1CCNc2cc(C(=O)O)ccc2S1. The van der Waals surface area contributed by atoms with E-state index < -0.39 is 5.97 Å². The molecule has 0 spiro atoms. The molecular weight excluding hydrogens is 214 g/mol. The molecule has 1 heterocycles. The van der Waals surface area contributed by atoms with Gasteiger partial charge in [-0.2, -0.15) is 0 Å². The van der Waals surface area contributed by atoms with Crippen LogP contribution in [-0.2, 0) is 4.79 Å². The van der Waals surface area contributed by atoms with Gasteiger partial charge in [0.2, 0.25) is 0 Å². The molecule has 0 amide bonds. The minimum atomic E-state index is -0.958. The number of anilines is 1. The average Bonchev–Trinajstić information content (AvgIpc) is 2.37. The molecule has 0 saturated heterocycles. The van der Waals surface area contributed by atoms with Crippen molar-refractivity contribution in [2.75, 3.05) is 11.9 Å². The van der Waals surface area contributed by atoms with Gasteiger partial charge in [-0.05, 0) is 30.0 Å². The molecule has 0 radical (unpaired) electrons. The van der Waals surface area contributed by atoms with E-state index in [1.54, 1.807) is 12.1 Å². The largest absolute Gasteiger partial charge is 0.478 e. The number of carboxylic acid groups (broad SMARTS) is 1. The molecule has 0 bridgehead atoms. The van der Waals surface area contributed by atoms with Gasteiger partial charge in [0.05, 0.1) is 5.56 Å². The minimum Gasteiger partial charge on any atom is -0.478 e. The second kappa shape index (κ2) is 3.94. The second-order valence-electron chi connectivity index (χ2n) is 3.17. The van der Waals surface area contributed by atoms with Gasteiger partial charge in [-0.1, -0.05) is 0 Å². The number of thioether (sulfide) groups is 1. The van der Waals surface area contributed by atoms with Crippen molar-refractivity contribution in [3.05, 3.63) is 23.8 Å². The Morgan fingerprint density at radius 2 is 2.27 bits per heavy atom. The Bertz CT molecular complexity index is 431. The van der Waals surface area contributed by atoms with Gasteiger partial charge in [-0.15, -0.1) is 0 Å². The smallest absolute Gasteiger partial charge is 0.335 e. The summed E-state index contributed by atoms with van der Waals surface area (Å²) in [5.74, 6) is -0.958. The fourth-order valence-corrected chi connectivity index (χ4v) is 2.19. The van der Waals surface area contributed by atoms with Crippen LogP contribution in [0.1, 0.15) is 16.8 Å². The van der Waals surface area contributed by atoms with Crippen LogP contribution in [0.5, 0.6) is 0 Å². The number of fused-ring (bicyclic) bond motifs is 1. The molecule has 0 aromatic heterocycles. The molecule has 0 fully saturated rings. The summed E-state index contributed by atoms with van der Waals surface area (Å²) in [5.41, 5.74) is 0.960. The number of carbonyl (C=O) groups excluding carboxylic acids is 1. The first kappa shape index (κ1) is 10.0. The summed E-state index contributed by atoms with van der Waals surface area (Å²) < 4.78 is 0. The summed E-state index contributed by atoms with van der Waals surface area (Å²) in [4.78, 5) is 22.8. The van der Waals surface area contributed by atoms with Crippen molar-refractivity contribution in [1.29, 1.82) is 0 Å². The van der Waals surface area contributed by atoms with E-state index in [4.69, 9.17) is 5.11 Å². The first-order valence-corrected chi connectivity index (χ1v) is 5.30. The zero-order valence-corrected chi connectivity index (χ0v) is 8.63. The van der Waals surface area contributed by atoms with E-state index in [2.05, 4.69) is 5.32 Å². The lowest BCUT2D eigenvalue weighted by atomic mass is 10.2. The Labute approximate surface area is 90.7 Å². The highest BCUT2D eigenvalue weighted by Crippen LogP contribution is 2.31. The summed E-state index contributed by atoms with van der Waals surface area (Å²) >= 11 is 1.16. The third-order valence-electron chi connectivity index (χ3n) is 2.09. The third kappa shape index (κ3) is 2.12. The molecule has 4 nitrogen and oxygen atoms in total. The number of nitrogens with one attached hydrogen (secondary N) is 1. The van der Waals surface area contributed by atoms with Gasteiger partial charge in [0.25, 0.3) is 0 Å². The highest BCUT2D eigenvalue weighted by Gasteiger charge is 2.15. The highest BCUT2D eigenvalue weighted by atomic mass is 32.2. The van der Waals surface area contributed by atoms with E-state index in [1.807, 2.05) is 0 Å². The molecule has 15 heavy (non-hydrogen) atoms. The molecule has 1 aromatic rings. The molecule has 0 saturated carbocycles. The van der Waals surface area contributed by atoms with Crippen LogP contribution in [-0.4, -0.2) is 22.7 Å². The van der Waals surface area contributed by atoms with Crippen LogP contribution in [0.15, 0.2) is 23.1 Å². The molecule has 2 rings (SSSR count). The minimum absolute atomic E-state index is 0.101. The first-order valence-electron chi connectivity index (χ1n) is 4.49. The predicted octanol–water partition coefficient (Wildman–Crippen LogP) is 1.82. The van der Waals surface area contributed by atoms with E-state index in [0.717, 1.165) is 22.3 Å². The molecule has 0 atom stereocenters. The lowest BCUT2D eigenvalue weighted by molar-refractivity contribution is -0.110. The Hall–Kier alpha value is -1.49. The summed E-state index contributed by atoms with van der Waals surface area (Å²) in [6.45, 7) is 0.557. The van der Waals surface area contributed by atoms with Crippen molar-refractivity contribution < 1.29 is 14.7 Å². The monoisotopic (exact) mass is 223 g/mol. The quantitative estimate of drug-likeness (QED) is 0.760. The van der Waals surface area contributed by atoms with E-state index in [1.165, 1.54) is 6.07 Å². The van der Waals surface area contributed by atoms with Gasteiger partial charge in [-0.3, -0.25) is 4.79 Å². The number of carboxylic acids is 1. The fraction of sp³-hybridized carbons (Fsp3) is 0.200. The van der Waals surface area contributed by atoms with Gasteiger partial charge < -0.3 is 10.4 Å². The van der Waals surface area contributed by atoms with Gasteiger partial charge >= 0.3 is 5.97 Å². The van der Waals surface area contributed by atoms with Crippen LogP contribution in [0.3, 0.4) is 0 Å². The van der Waals surface area contributed by atoms with E-state index in [-0.39, 0.29) is 10.7 Å². The Morgan fingerprint density at radius 3 is 3.00 bits per heavy atom. The second-order valence-corrected chi connectivity index (χ2v) is 4.27. The van der Waals surface area contributed by atoms with Gasteiger partial charge in [-0.25, -0.2) is 4.79 Å². The highest BCUT2D eigenvalue weighted by molar-refractivity contribution is 8.13. The molecule has 1 aliphatic rings. The van der Waals surface area contributed by atoms with Crippen LogP contribution in [0.25, 0.3) is 0 Å². The van der Waals surface area contributed by atoms with E-state index in [9.17, 15) is 9.59 Å². The lowest BCUT2D eigenvalue weighted by Gasteiger charge is -2.06. The van der Waals surface area contributed by atoms with Gasteiger partial charge in [0, 0.05) is 23.5 Å². The molecule has 2 N–H and O–H groups in total. The maximum atomic E-state index is 11.3. The number of aromatic carboxylic acids is 1. The molecule has 0 unspecified atom stereocenters. The van der Waals surface area contributed by atoms with Crippen LogP contribution < -0.4 is 5.32 Å². The topological polar surface area (TPSA) is 66.4 Å². The number of hydrogen-bond acceptors (Lipinski definition) is 4. The number of hydrogen-bond donors (Lipinski definition) is 2. The average molecular weight is 223 g/mol. The zero-order chi connectivity index (χ0) is 10.8. The maximum Gasteiger partial charge on any atom is 0.335 e. The number of rotatable bonds is 1. The number of carbonyl (C=O) groups is 2. The van der Waals surface area contributed by atoms with Crippen molar-refractivity contribution in [2.45, 2.75) is 11.3 Å². The molecule has 78 valence electrons. The summed E-state index contributed by atoms with van der Waals surface area (Å²) in [7, 11) is 0. The molecule has 1 aromatic carbocycles. The molecule has 5 heteroatoms. The van der Waals surface area contributed by atoms with Crippen LogP contribution in [0.2, 0.25) is 0 Å². The summed E-state index contributed by atoms with van der Waals surface area (Å²) in [5, 5.41) is 12.0.